The van der Waals surface area contributed by atoms with Crippen LogP contribution in [-0.2, 0) is 21.0 Å². The zero-order chi connectivity index (χ0) is 27.8. The number of rotatable bonds is 6. The molecule has 0 spiro atoms. The molecular formula is C26H25ClF3NO4S2. The van der Waals surface area contributed by atoms with E-state index < -0.39 is 36.6 Å². The Morgan fingerprint density at radius 3 is 2.22 bits per heavy atom. The molecule has 0 heterocycles. The highest BCUT2D eigenvalue weighted by Crippen LogP contribution is 2.41. The van der Waals surface area contributed by atoms with Crippen molar-refractivity contribution in [2.45, 2.75) is 54.2 Å². The number of hydrogen-bond acceptors (Lipinski definition) is 5. The van der Waals surface area contributed by atoms with Crippen LogP contribution in [0.4, 0.5) is 18.9 Å². The molecule has 0 aromatic heterocycles. The van der Waals surface area contributed by atoms with Gasteiger partial charge in [-0.1, -0.05) is 62.7 Å². The van der Waals surface area contributed by atoms with Crippen LogP contribution in [0.2, 0.25) is 5.02 Å². The molecule has 3 aromatic rings. The maximum Gasteiger partial charge on any atom is 0.501 e. The zero-order valence-electron chi connectivity index (χ0n) is 20.4. The highest BCUT2D eigenvalue weighted by atomic mass is 35.5. The van der Waals surface area contributed by atoms with Gasteiger partial charge in [-0.05, 0) is 47.7 Å². The van der Waals surface area contributed by atoms with Crippen LogP contribution < -0.4 is 5.32 Å². The number of sulfone groups is 1. The normalized spacial score (nSPS) is 12.4. The summed E-state index contributed by atoms with van der Waals surface area (Å²) >= 11 is 7.53. The summed E-state index contributed by atoms with van der Waals surface area (Å²) in [5, 5.41) is 13.2. The molecule has 5 nitrogen and oxygen atoms in total. The molecule has 0 aliphatic heterocycles. The van der Waals surface area contributed by atoms with E-state index in [1.165, 1.54) is 11.8 Å². The average Bonchev–Trinajstić information content (AvgIpc) is 2.79. The lowest BCUT2D eigenvalue weighted by Crippen LogP contribution is -2.23. The van der Waals surface area contributed by atoms with Crippen molar-refractivity contribution in [1.82, 2.24) is 0 Å². The molecule has 0 unspecified atom stereocenters. The molecule has 198 valence electrons. The van der Waals surface area contributed by atoms with Gasteiger partial charge >= 0.3 is 5.51 Å². The summed E-state index contributed by atoms with van der Waals surface area (Å²) < 4.78 is 62.0. The summed E-state index contributed by atoms with van der Waals surface area (Å²) in [6.45, 7) is 7.36. The van der Waals surface area contributed by atoms with Crippen LogP contribution in [0, 0.1) is 6.92 Å². The molecule has 1 amide bonds. The lowest BCUT2D eigenvalue weighted by atomic mass is 9.84. The molecule has 0 aliphatic rings. The van der Waals surface area contributed by atoms with Crippen LogP contribution in [0.25, 0.3) is 0 Å². The van der Waals surface area contributed by atoms with Crippen LogP contribution in [-0.4, -0.2) is 24.9 Å². The molecule has 0 radical (unpaired) electrons. The number of anilines is 1. The zero-order valence-corrected chi connectivity index (χ0v) is 22.8. The number of benzene rings is 3. The van der Waals surface area contributed by atoms with Gasteiger partial charge in [0.05, 0.1) is 21.2 Å². The molecule has 3 rings (SSSR count). The first-order chi connectivity index (χ1) is 17.0. The predicted molar refractivity (Wildman–Crippen MR) is 140 cm³/mol. The second-order valence-corrected chi connectivity index (χ2v) is 12.7. The minimum absolute atomic E-state index is 0.00829. The van der Waals surface area contributed by atoms with Crippen LogP contribution in [0.1, 0.15) is 47.8 Å². The number of halogens is 4. The minimum atomic E-state index is -5.61. The van der Waals surface area contributed by atoms with Gasteiger partial charge in [-0.15, -0.1) is 11.8 Å². The first-order valence-electron chi connectivity index (χ1n) is 11.0. The summed E-state index contributed by atoms with van der Waals surface area (Å²) in [7, 11) is -5.61. The summed E-state index contributed by atoms with van der Waals surface area (Å²) in [6.07, 6.45) is 0. The van der Waals surface area contributed by atoms with Crippen molar-refractivity contribution >= 4 is 44.8 Å². The fourth-order valence-electron chi connectivity index (χ4n) is 3.56. The fourth-order valence-corrected chi connectivity index (χ4v) is 5.68. The maximum atomic E-state index is 13.3. The predicted octanol–water partition coefficient (Wildman–Crippen LogP) is 7.49. The molecule has 3 aromatic carbocycles. The van der Waals surface area contributed by atoms with Crippen molar-refractivity contribution in [2.24, 2.45) is 0 Å². The topological polar surface area (TPSA) is 83.5 Å². The fraction of sp³-hybridized carbons (Fsp3) is 0.269. The van der Waals surface area contributed by atoms with E-state index in [4.69, 9.17) is 11.6 Å². The quantitative estimate of drug-likeness (QED) is 0.299. The van der Waals surface area contributed by atoms with E-state index in [0.717, 1.165) is 16.5 Å². The standard InChI is InChI=1S/C26H25ClF3NO4S2/c1-15-21(36-14-16-8-6-5-7-9-16)13-18(25(2,3)4)23(32)22(15)24(33)31-20-11-10-17(12-19(20)27)37(34,35)26(28,29)30/h5-13,32H,14H2,1-4H3,(H,31,33). The summed E-state index contributed by atoms with van der Waals surface area (Å²) in [5.41, 5.74) is -4.00. The van der Waals surface area contributed by atoms with E-state index in [1.807, 2.05) is 57.2 Å². The number of carbonyl (C=O) groups is 1. The van der Waals surface area contributed by atoms with Gasteiger partial charge in [0, 0.05) is 16.2 Å². The SMILES string of the molecule is Cc1c(SCc2ccccc2)cc(C(C)(C)C)c(O)c1C(=O)Nc1ccc(S(=O)(=O)C(F)(F)F)cc1Cl. The van der Waals surface area contributed by atoms with E-state index in [1.54, 1.807) is 6.92 Å². The average molecular weight is 572 g/mol. The van der Waals surface area contributed by atoms with Gasteiger partial charge in [-0.3, -0.25) is 4.79 Å². The number of hydrogen-bond donors (Lipinski definition) is 2. The molecule has 0 saturated carbocycles. The molecule has 11 heteroatoms. The van der Waals surface area contributed by atoms with Crippen molar-refractivity contribution in [3.8, 4) is 5.75 Å². The van der Waals surface area contributed by atoms with Gasteiger partial charge in [0.15, 0.2) is 0 Å². The Balaban J connectivity index is 2.00. The van der Waals surface area contributed by atoms with Gasteiger partial charge < -0.3 is 10.4 Å². The number of thioether (sulfide) groups is 1. The Bertz CT molecular complexity index is 1430. The minimum Gasteiger partial charge on any atom is -0.507 e. The van der Waals surface area contributed by atoms with E-state index >= 15 is 0 Å². The Morgan fingerprint density at radius 1 is 1.05 bits per heavy atom. The molecule has 0 bridgehead atoms. The van der Waals surface area contributed by atoms with E-state index in [0.29, 0.717) is 29.0 Å². The van der Waals surface area contributed by atoms with Gasteiger partial charge in [-0.2, -0.15) is 13.2 Å². The van der Waals surface area contributed by atoms with E-state index in [9.17, 15) is 31.5 Å². The number of phenols is 1. The molecule has 37 heavy (non-hydrogen) atoms. The van der Waals surface area contributed by atoms with Gasteiger partial charge in [0.25, 0.3) is 15.7 Å². The first kappa shape index (κ1) is 28.9. The van der Waals surface area contributed by atoms with Crippen molar-refractivity contribution in [3.63, 3.8) is 0 Å². The second-order valence-electron chi connectivity index (χ2n) is 9.34. The Hall–Kier alpha value is -2.69. The number of alkyl halides is 3. The molecular weight excluding hydrogens is 547 g/mol. The third-order valence-corrected chi connectivity index (χ3v) is 8.60. The third-order valence-electron chi connectivity index (χ3n) is 5.59. The number of nitrogens with one attached hydrogen (secondary N) is 1. The Kier molecular flexibility index (Phi) is 8.26. The second kappa shape index (κ2) is 10.6. The molecule has 0 aliphatic carbocycles. The third kappa shape index (κ3) is 6.25. The van der Waals surface area contributed by atoms with Crippen LogP contribution in [0.3, 0.4) is 0 Å². The van der Waals surface area contributed by atoms with Crippen LogP contribution in [0.5, 0.6) is 5.75 Å². The van der Waals surface area contributed by atoms with Crippen molar-refractivity contribution in [1.29, 1.82) is 0 Å². The first-order valence-corrected chi connectivity index (χ1v) is 13.8. The Morgan fingerprint density at radius 2 is 1.68 bits per heavy atom. The number of amides is 1. The monoisotopic (exact) mass is 571 g/mol. The lowest BCUT2D eigenvalue weighted by molar-refractivity contribution is -0.0436. The summed E-state index contributed by atoms with van der Waals surface area (Å²) in [6, 6.07) is 13.9. The summed E-state index contributed by atoms with van der Waals surface area (Å²) in [5.74, 6) is -0.340. The Labute approximate surface area is 223 Å². The van der Waals surface area contributed by atoms with Gasteiger partial charge in [0.2, 0.25) is 0 Å². The number of phenolic OH excluding ortho intramolecular Hbond substituents is 1. The van der Waals surface area contributed by atoms with Gasteiger partial charge in [0.1, 0.15) is 5.75 Å². The number of carbonyl (C=O) groups excluding carboxylic acids is 1. The maximum absolute atomic E-state index is 13.3. The van der Waals surface area contributed by atoms with Gasteiger partial charge in [-0.25, -0.2) is 8.42 Å². The van der Waals surface area contributed by atoms with E-state index in [2.05, 4.69) is 5.32 Å². The summed E-state index contributed by atoms with van der Waals surface area (Å²) in [4.78, 5) is 13.0. The molecule has 0 fully saturated rings. The smallest absolute Gasteiger partial charge is 0.501 e. The lowest BCUT2D eigenvalue weighted by Gasteiger charge is -2.25. The van der Waals surface area contributed by atoms with Crippen molar-refractivity contribution in [3.05, 3.63) is 81.9 Å². The van der Waals surface area contributed by atoms with E-state index in [-0.39, 0.29) is 17.0 Å². The largest absolute Gasteiger partial charge is 0.507 e. The molecule has 0 atom stereocenters. The van der Waals surface area contributed by atoms with Crippen molar-refractivity contribution < 1.29 is 31.5 Å². The molecule has 0 saturated heterocycles. The van der Waals surface area contributed by atoms with Crippen LogP contribution in [0.15, 0.2) is 64.4 Å². The highest BCUT2D eigenvalue weighted by Gasteiger charge is 2.47. The molecule has 2 N–H and O–H groups in total. The van der Waals surface area contributed by atoms with Crippen molar-refractivity contribution in [2.75, 3.05) is 5.32 Å². The van der Waals surface area contributed by atoms with Crippen LogP contribution >= 0.6 is 23.4 Å². The number of aromatic hydroxyl groups is 1. The highest BCUT2D eigenvalue weighted by molar-refractivity contribution is 7.98.